The normalized spacial score (nSPS) is 12.6. The third-order valence-electron chi connectivity index (χ3n) is 2.56. The van der Waals surface area contributed by atoms with Crippen LogP contribution in [0.5, 0.6) is 11.5 Å². The zero-order valence-corrected chi connectivity index (χ0v) is 10.5. The Morgan fingerprint density at radius 2 is 1.75 bits per heavy atom. The molecular weight excluding hydrogens is 202 g/mol. The third kappa shape index (κ3) is 3.14. The lowest BCUT2D eigenvalue weighted by Gasteiger charge is -2.16. The fourth-order valence-electron chi connectivity index (χ4n) is 1.73. The maximum atomic E-state index is 6.11. The van der Waals surface area contributed by atoms with Crippen LogP contribution in [0.3, 0.4) is 0 Å². The van der Waals surface area contributed by atoms with Gasteiger partial charge < -0.3 is 15.2 Å². The van der Waals surface area contributed by atoms with Gasteiger partial charge in [-0.2, -0.15) is 0 Å². The Labute approximate surface area is 97.6 Å². The molecule has 0 aliphatic rings. The molecular formula is C13H21NO2. The summed E-state index contributed by atoms with van der Waals surface area (Å²) in [5, 5.41) is 0. The molecule has 1 aromatic carbocycles. The second kappa shape index (κ2) is 5.75. The molecule has 0 fully saturated rings. The number of methoxy groups -OCH3 is 2. The lowest BCUT2D eigenvalue weighted by molar-refractivity contribution is 0.354. The second-order valence-electron chi connectivity index (χ2n) is 4.35. The number of benzene rings is 1. The third-order valence-corrected chi connectivity index (χ3v) is 2.56. The van der Waals surface area contributed by atoms with E-state index in [0.29, 0.717) is 5.92 Å². The molecule has 0 aromatic heterocycles. The zero-order chi connectivity index (χ0) is 12.1. The average Bonchev–Trinajstić information content (AvgIpc) is 2.27. The van der Waals surface area contributed by atoms with Crippen molar-refractivity contribution in [2.45, 2.75) is 26.3 Å². The zero-order valence-electron chi connectivity index (χ0n) is 10.5. The van der Waals surface area contributed by atoms with Crippen LogP contribution in [-0.4, -0.2) is 14.2 Å². The molecule has 0 radical (unpaired) electrons. The molecule has 0 heterocycles. The Balaban J connectivity index is 2.89. The molecule has 0 aliphatic heterocycles. The molecule has 90 valence electrons. The minimum absolute atomic E-state index is 0.0554. The van der Waals surface area contributed by atoms with E-state index in [-0.39, 0.29) is 6.04 Å². The van der Waals surface area contributed by atoms with E-state index >= 15 is 0 Å². The maximum Gasteiger partial charge on any atom is 0.161 e. The van der Waals surface area contributed by atoms with E-state index in [9.17, 15) is 0 Å². The quantitative estimate of drug-likeness (QED) is 0.834. The van der Waals surface area contributed by atoms with Gasteiger partial charge in [0.2, 0.25) is 0 Å². The van der Waals surface area contributed by atoms with Gasteiger partial charge in [0.05, 0.1) is 14.2 Å². The Hall–Kier alpha value is -1.22. The van der Waals surface area contributed by atoms with Crippen molar-refractivity contribution in [1.29, 1.82) is 0 Å². The van der Waals surface area contributed by atoms with Gasteiger partial charge in [-0.25, -0.2) is 0 Å². The predicted octanol–water partition coefficient (Wildman–Crippen LogP) is 2.75. The van der Waals surface area contributed by atoms with Crippen molar-refractivity contribution >= 4 is 0 Å². The standard InChI is InChI=1S/C13H21NO2/c1-9(2)7-11(14)10-5-6-12(15-3)13(8-10)16-4/h5-6,8-9,11H,7,14H2,1-4H3/t11-/m1/s1. The van der Waals surface area contributed by atoms with Crippen molar-refractivity contribution in [3.05, 3.63) is 23.8 Å². The Kier molecular flexibility index (Phi) is 4.62. The van der Waals surface area contributed by atoms with Gasteiger partial charge in [-0.15, -0.1) is 0 Å². The molecule has 2 N–H and O–H groups in total. The average molecular weight is 223 g/mol. The highest BCUT2D eigenvalue weighted by atomic mass is 16.5. The lowest BCUT2D eigenvalue weighted by atomic mass is 9.97. The van der Waals surface area contributed by atoms with Gasteiger partial charge in [0.25, 0.3) is 0 Å². The van der Waals surface area contributed by atoms with E-state index in [0.717, 1.165) is 23.5 Å². The van der Waals surface area contributed by atoms with Crippen LogP contribution in [0, 0.1) is 5.92 Å². The monoisotopic (exact) mass is 223 g/mol. The smallest absolute Gasteiger partial charge is 0.161 e. The van der Waals surface area contributed by atoms with Gasteiger partial charge in [-0.1, -0.05) is 19.9 Å². The summed E-state index contributed by atoms with van der Waals surface area (Å²) >= 11 is 0. The van der Waals surface area contributed by atoms with Gasteiger partial charge in [0, 0.05) is 6.04 Å². The second-order valence-corrected chi connectivity index (χ2v) is 4.35. The minimum Gasteiger partial charge on any atom is -0.493 e. The van der Waals surface area contributed by atoms with Crippen LogP contribution >= 0.6 is 0 Å². The first kappa shape index (κ1) is 12.8. The van der Waals surface area contributed by atoms with E-state index in [1.165, 1.54) is 0 Å². The molecule has 0 saturated carbocycles. The fraction of sp³-hybridized carbons (Fsp3) is 0.538. The van der Waals surface area contributed by atoms with Crippen LogP contribution < -0.4 is 15.2 Å². The summed E-state index contributed by atoms with van der Waals surface area (Å²) in [5.74, 6) is 2.06. The number of ether oxygens (including phenoxy) is 2. The molecule has 0 saturated heterocycles. The highest BCUT2D eigenvalue weighted by Crippen LogP contribution is 2.30. The molecule has 0 amide bonds. The molecule has 0 bridgehead atoms. The van der Waals surface area contributed by atoms with Gasteiger partial charge in [0.1, 0.15) is 0 Å². The van der Waals surface area contributed by atoms with E-state index in [1.54, 1.807) is 14.2 Å². The van der Waals surface area contributed by atoms with E-state index in [2.05, 4.69) is 13.8 Å². The summed E-state index contributed by atoms with van der Waals surface area (Å²) in [6, 6.07) is 5.90. The SMILES string of the molecule is COc1ccc([C@H](N)CC(C)C)cc1OC. The van der Waals surface area contributed by atoms with Crippen molar-refractivity contribution in [1.82, 2.24) is 0 Å². The maximum absolute atomic E-state index is 6.11. The van der Waals surface area contributed by atoms with Crippen LogP contribution in [0.1, 0.15) is 31.9 Å². The first-order valence-corrected chi connectivity index (χ1v) is 5.56. The fourth-order valence-corrected chi connectivity index (χ4v) is 1.73. The van der Waals surface area contributed by atoms with Gasteiger partial charge in [-0.3, -0.25) is 0 Å². The van der Waals surface area contributed by atoms with Crippen LogP contribution in [0.15, 0.2) is 18.2 Å². The number of rotatable bonds is 5. The summed E-state index contributed by atoms with van der Waals surface area (Å²) in [7, 11) is 3.27. The molecule has 3 nitrogen and oxygen atoms in total. The van der Waals surface area contributed by atoms with Gasteiger partial charge in [0.15, 0.2) is 11.5 Å². The van der Waals surface area contributed by atoms with Crippen molar-refractivity contribution in [2.24, 2.45) is 11.7 Å². The highest BCUT2D eigenvalue weighted by Gasteiger charge is 2.11. The highest BCUT2D eigenvalue weighted by molar-refractivity contribution is 5.43. The summed E-state index contributed by atoms with van der Waals surface area (Å²) < 4.78 is 10.4. The van der Waals surface area contributed by atoms with Crippen LogP contribution in [0.4, 0.5) is 0 Å². The van der Waals surface area contributed by atoms with Crippen molar-refractivity contribution in [3.8, 4) is 11.5 Å². The van der Waals surface area contributed by atoms with Gasteiger partial charge in [-0.05, 0) is 30.0 Å². The van der Waals surface area contributed by atoms with Crippen LogP contribution in [0.25, 0.3) is 0 Å². The lowest BCUT2D eigenvalue weighted by Crippen LogP contribution is -2.13. The number of nitrogens with two attached hydrogens (primary N) is 1. The van der Waals surface area contributed by atoms with Crippen LogP contribution in [-0.2, 0) is 0 Å². The van der Waals surface area contributed by atoms with E-state index < -0.39 is 0 Å². The molecule has 16 heavy (non-hydrogen) atoms. The summed E-state index contributed by atoms with van der Waals surface area (Å²) in [6.45, 7) is 4.33. The van der Waals surface area contributed by atoms with Gasteiger partial charge >= 0.3 is 0 Å². The summed E-state index contributed by atoms with van der Waals surface area (Å²) in [4.78, 5) is 0. The minimum atomic E-state index is 0.0554. The van der Waals surface area contributed by atoms with Crippen molar-refractivity contribution in [3.63, 3.8) is 0 Å². The summed E-state index contributed by atoms with van der Waals surface area (Å²) in [6.07, 6.45) is 0.968. The molecule has 1 aromatic rings. The Morgan fingerprint density at radius 3 is 2.25 bits per heavy atom. The number of hydrogen-bond acceptors (Lipinski definition) is 3. The van der Waals surface area contributed by atoms with Crippen LogP contribution in [0.2, 0.25) is 0 Å². The Bertz CT molecular complexity index is 337. The van der Waals surface area contributed by atoms with Crippen molar-refractivity contribution < 1.29 is 9.47 Å². The molecule has 3 heteroatoms. The first-order valence-electron chi connectivity index (χ1n) is 5.56. The molecule has 1 rings (SSSR count). The topological polar surface area (TPSA) is 44.5 Å². The number of hydrogen-bond donors (Lipinski definition) is 1. The molecule has 1 atom stereocenters. The largest absolute Gasteiger partial charge is 0.493 e. The predicted molar refractivity (Wildman–Crippen MR) is 65.9 cm³/mol. The molecule has 0 unspecified atom stereocenters. The molecule has 0 spiro atoms. The Morgan fingerprint density at radius 1 is 1.12 bits per heavy atom. The van der Waals surface area contributed by atoms with E-state index in [1.807, 2.05) is 18.2 Å². The van der Waals surface area contributed by atoms with Crippen molar-refractivity contribution in [2.75, 3.05) is 14.2 Å². The first-order chi connectivity index (χ1) is 7.58. The van der Waals surface area contributed by atoms with E-state index in [4.69, 9.17) is 15.2 Å². The summed E-state index contributed by atoms with van der Waals surface area (Å²) in [5.41, 5.74) is 7.20. The molecule has 0 aliphatic carbocycles.